The van der Waals surface area contributed by atoms with Crippen LogP contribution >= 0.6 is 0 Å². The number of carbonyl (C=O) groups is 1. The highest BCUT2D eigenvalue weighted by molar-refractivity contribution is 5.96. The number of para-hydroxylation sites is 1. The van der Waals surface area contributed by atoms with E-state index in [2.05, 4.69) is 5.32 Å². The number of rotatable bonds is 3. The van der Waals surface area contributed by atoms with Gasteiger partial charge in [-0.3, -0.25) is 4.79 Å². The number of carbonyl (C=O) groups excluding carboxylic acids is 1. The van der Waals surface area contributed by atoms with Crippen LogP contribution in [0.4, 0.5) is 0 Å². The third-order valence-electron chi connectivity index (χ3n) is 3.75. The molecule has 1 aliphatic rings. The average Bonchev–Trinajstić information content (AvgIpc) is 2.90. The molecule has 0 bridgehead atoms. The van der Waals surface area contributed by atoms with E-state index in [0.717, 1.165) is 12.2 Å². The second kappa shape index (κ2) is 5.48. The molecular formula is C17H17NO3. The maximum Gasteiger partial charge on any atom is 0.251 e. The lowest BCUT2D eigenvalue weighted by atomic mass is 10.1. The molecule has 1 aliphatic heterocycles. The number of hydrogen-bond acceptors (Lipinski definition) is 3. The molecule has 0 aromatic heterocycles. The van der Waals surface area contributed by atoms with Gasteiger partial charge in [0.25, 0.3) is 5.91 Å². The van der Waals surface area contributed by atoms with E-state index < -0.39 is 0 Å². The Balaban J connectivity index is 1.62. The van der Waals surface area contributed by atoms with Crippen molar-refractivity contribution in [1.29, 1.82) is 0 Å². The molecule has 1 unspecified atom stereocenters. The number of nitrogens with one attached hydrogen (secondary N) is 1. The molecule has 3 rings (SSSR count). The number of aromatic hydroxyl groups is 1. The van der Waals surface area contributed by atoms with Gasteiger partial charge < -0.3 is 15.2 Å². The molecule has 1 heterocycles. The first-order chi connectivity index (χ1) is 10.1. The number of hydrogen-bond donors (Lipinski definition) is 2. The van der Waals surface area contributed by atoms with Gasteiger partial charge in [-0.2, -0.15) is 0 Å². The highest BCUT2D eigenvalue weighted by atomic mass is 16.5. The van der Waals surface area contributed by atoms with Crippen LogP contribution in [0.5, 0.6) is 11.5 Å². The maximum absolute atomic E-state index is 12.2. The number of phenolic OH excluding ortho intramolecular Hbond substituents is 1. The number of benzene rings is 2. The first-order valence-electron chi connectivity index (χ1n) is 6.96. The summed E-state index contributed by atoms with van der Waals surface area (Å²) in [6, 6.07) is 12.8. The van der Waals surface area contributed by atoms with Crippen LogP contribution in [0.25, 0.3) is 0 Å². The summed E-state index contributed by atoms with van der Waals surface area (Å²) in [6.07, 6.45) is 0.763. The number of fused-ring (bicyclic) bond motifs is 1. The summed E-state index contributed by atoms with van der Waals surface area (Å²) in [5.74, 6) is 0.834. The van der Waals surface area contributed by atoms with Gasteiger partial charge in [-0.25, -0.2) is 0 Å². The maximum atomic E-state index is 12.2. The first-order valence-corrected chi connectivity index (χ1v) is 6.96. The van der Waals surface area contributed by atoms with Crippen LogP contribution in [-0.4, -0.2) is 23.7 Å². The zero-order valence-electron chi connectivity index (χ0n) is 11.8. The van der Waals surface area contributed by atoms with Gasteiger partial charge in [0.15, 0.2) is 0 Å². The molecule has 21 heavy (non-hydrogen) atoms. The minimum Gasteiger partial charge on any atom is -0.508 e. The third-order valence-corrected chi connectivity index (χ3v) is 3.75. The lowest BCUT2D eigenvalue weighted by Crippen LogP contribution is -2.34. The third kappa shape index (κ3) is 2.70. The standard InChI is InChI=1S/C17H17NO3/c1-11-14(6-4-7-15(11)19)17(20)18-10-13-9-12-5-2-3-8-16(12)21-13/h2-8,13,19H,9-10H2,1H3,(H,18,20). The van der Waals surface area contributed by atoms with Crippen molar-refractivity contribution in [2.75, 3.05) is 6.54 Å². The molecule has 1 atom stereocenters. The van der Waals surface area contributed by atoms with Crippen molar-refractivity contribution >= 4 is 5.91 Å². The van der Waals surface area contributed by atoms with E-state index in [0.29, 0.717) is 17.7 Å². The lowest BCUT2D eigenvalue weighted by Gasteiger charge is -2.13. The molecule has 0 saturated heterocycles. The Hall–Kier alpha value is -2.49. The van der Waals surface area contributed by atoms with Crippen molar-refractivity contribution in [3.8, 4) is 11.5 Å². The Morgan fingerprint density at radius 1 is 1.29 bits per heavy atom. The quantitative estimate of drug-likeness (QED) is 0.909. The Morgan fingerprint density at radius 2 is 2.10 bits per heavy atom. The molecule has 0 saturated carbocycles. The topological polar surface area (TPSA) is 58.6 Å². The first kappa shape index (κ1) is 13.5. The van der Waals surface area contributed by atoms with Gasteiger partial charge in [-0.05, 0) is 30.7 Å². The molecule has 0 radical (unpaired) electrons. The number of phenols is 1. The Kier molecular flexibility index (Phi) is 3.52. The molecule has 0 fully saturated rings. The summed E-state index contributed by atoms with van der Waals surface area (Å²) in [4.78, 5) is 12.2. The van der Waals surface area contributed by atoms with Gasteiger partial charge in [0, 0.05) is 17.5 Å². The molecule has 108 valence electrons. The summed E-state index contributed by atoms with van der Waals surface area (Å²) >= 11 is 0. The minimum absolute atomic E-state index is 0.0380. The van der Waals surface area contributed by atoms with E-state index >= 15 is 0 Å². The minimum atomic E-state index is -0.192. The van der Waals surface area contributed by atoms with Crippen molar-refractivity contribution in [3.05, 3.63) is 59.2 Å². The molecule has 2 aromatic rings. The van der Waals surface area contributed by atoms with Crippen LogP contribution in [-0.2, 0) is 6.42 Å². The summed E-state index contributed by atoms with van der Waals surface area (Å²) in [5.41, 5.74) is 2.25. The van der Waals surface area contributed by atoms with E-state index in [4.69, 9.17) is 4.74 Å². The number of ether oxygens (including phenoxy) is 1. The normalized spacial score (nSPS) is 16.1. The SMILES string of the molecule is Cc1c(O)cccc1C(=O)NCC1Cc2ccccc2O1. The van der Waals surface area contributed by atoms with Crippen LogP contribution < -0.4 is 10.1 Å². The molecule has 2 aromatic carbocycles. The fraction of sp³-hybridized carbons (Fsp3) is 0.235. The Morgan fingerprint density at radius 3 is 2.90 bits per heavy atom. The zero-order valence-corrected chi connectivity index (χ0v) is 11.8. The lowest BCUT2D eigenvalue weighted by molar-refractivity contribution is 0.0932. The molecule has 4 nitrogen and oxygen atoms in total. The van der Waals surface area contributed by atoms with Crippen molar-refractivity contribution in [3.63, 3.8) is 0 Å². The van der Waals surface area contributed by atoms with E-state index in [1.165, 1.54) is 5.56 Å². The van der Waals surface area contributed by atoms with Crippen molar-refractivity contribution < 1.29 is 14.6 Å². The van der Waals surface area contributed by atoms with Gasteiger partial charge in [0.05, 0.1) is 6.54 Å². The molecule has 4 heteroatoms. The molecule has 0 spiro atoms. The second-order valence-corrected chi connectivity index (χ2v) is 5.21. The highest BCUT2D eigenvalue weighted by Crippen LogP contribution is 2.27. The zero-order chi connectivity index (χ0) is 14.8. The van der Waals surface area contributed by atoms with Crippen LogP contribution in [0, 0.1) is 6.92 Å². The summed E-state index contributed by atoms with van der Waals surface area (Å²) < 4.78 is 5.78. The van der Waals surface area contributed by atoms with Gasteiger partial charge in [0.1, 0.15) is 17.6 Å². The fourth-order valence-corrected chi connectivity index (χ4v) is 2.54. The van der Waals surface area contributed by atoms with Crippen LogP contribution in [0.1, 0.15) is 21.5 Å². The van der Waals surface area contributed by atoms with Crippen LogP contribution in [0.15, 0.2) is 42.5 Å². The monoisotopic (exact) mass is 283 g/mol. The van der Waals surface area contributed by atoms with Crippen LogP contribution in [0.2, 0.25) is 0 Å². The Labute approximate surface area is 123 Å². The second-order valence-electron chi connectivity index (χ2n) is 5.21. The van der Waals surface area contributed by atoms with Gasteiger partial charge in [-0.1, -0.05) is 24.3 Å². The van der Waals surface area contributed by atoms with Crippen molar-refractivity contribution in [2.45, 2.75) is 19.4 Å². The van der Waals surface area contributed by atoms with E-state index in [9.17, 15) is 9.90 Å². The highest BCUT2D eigenvalue weighted by Gasteiger charge is 2.23. The van der Waals surface area contributed by atoms with Gasteiger partial charge >= 0.3 is 0 Å². The summed E-state index contributed by atoms with van der Waals surface area (Å²) in [7, 11) is 0. The van der Waals surface area contributed by atoms with E-state index in [-0.39, 0.29) is 17.8 Å². The predicted molar refractivity (Wildman–Crippen MR) is 79.7 cm³/mol. The predicted octanol–water partition coefficient (Wildman–Crippen LogP) is 2.43. The summed E-state index contributed by atoms with van der Waals surface area (Å²) in [5, 5.41) is 12.5. The molecule has 1 amide bonds. The van der Waals surface area contributed by atoms with E-state index in [1.807, 2.05) is 24.3 Å². The van der Waals surface area contributed by atoms with E-state index in [1.54, 1.807) is 25.1 Å². The largest absolute Gasteiger partial charge is 0.508 e. The van der Waals surface area contributed by atoms with Crippen LogP contribution in [0.3, 0.4) is 0 Å². The van der Waals surface area contributed by atoms with Gasteiger partial charge in [-0.15, -0.1) is 0 Å². The molecule has 0 aliphatic carbocycles. The van der Waals surface area contributed by atoms with Crippen molar-refractivity contribution in [2.24, 2.45) is 0 Å². The van der Waals surface area contributed by atoms with Gasteiger partial charge in [0.2, 0.25) is 0 Å². The molecular weight excluding hydrogens is 266 g/mol. The smallest absolute Gasteiger partial charge is 0.251 e. The fourth-order valence-electron chi connectivity index (χ4n) is 2.54. The average molecular weight is 283 g/mol. The Bertz CT molecular complexity index is 656. The summed E-state index contributed by atoms with van der Waals surface area (Å²) in [6.45, 7) is 2.18. The van der Waals surface area contributed by atoms with Crippen molar-refractivity contribution in [1.82, 2.24) is 5.32 Å². The number of amides is 1. The molecule has 2 N–H and O–H groups in total.